The van der Waals surface area contributed by atoms with Gasteiger partial charge >= 0.3 is 0 Å². The van der Waals surface area contributed by atoms with E-state index in [-0.39, 0.29) is 11.8 Å². The third-order valence-corrected chi connectivity index (χ3v) is 5.12. The number of hydrogen-bond acceptors (Lipinski definition) is 5. The number of hydrogen-bond donors (Lipinski definition) is 1. The summed E-state index contributed by atoms with van der Waals surface area (Å²) < 4.78 is 14.7. The molecule has 0 bridgehead atoms. The molecule has 0 radical (unpaired) electrons. The second kappa shape index (κ2) is 5.14. The van der Waals surface area contributed by atoms with Crippen LogP contribution in [0.4, 0.5) is 5.69 Å². The van der Waals surface area contributed by atoms with Crippen LogP contribution in [0.25, 0.3) is 17.1 Å². The standard InChI is InChI=1S/C18H13N3O2S/c22-16-8-12(11-7-10-3-1-2-4-15(10)23-9-11)17-13(19-16)5-6-14-18(17)21-24-20-14/h1-7,12H,8-9H2,(H,19,22)/t12-/m1/s1. The summed E-state index contributed by atoms with van der Waals surface area (Å²) in [5, 5.41) is 2.96. The molecule has 5 rings (SSSR count). The Hall–Kier alpha value is -2.73. The number of rotatable bonds is 1. The summed E-state index contributed by atoms with van der Waals surface area (Å²) in [5.41, 5.74) is 5.78. The van der Waals surface area contributed by atoms with E-state index in [0.717, 1.165) is 39.2 Å². The molecule has 24 heavy (non-hydrogen) atoms. The van der Waals surface area contributed by atoms with Gasteiger partial charge in [-0.25, -0.2) is 0 Å². The first-order valence-corrected chi connectivity index (χ1v) is 8.50. The van der Waals surface area contributed by atoms with E-state index in [4.69, 9.17) is 4.74 Å². The molecular formula is C18H13N3O2S. The van der Waals surface area contributed by atoms with Gasteiger partial charge in [-0.2, -0.15) is 8.75 Å². The first-order chi connectivity index (χ1) is 11.8. The maximum atomic E-state index is 12.2. The van der Waals surface area contributed by atoms with Gasteiger partial charge in [0.2, 0.25) is 5.91 Å². The van der Waals surface area contributed by atoms with E-state index in [9.17, 15) is 4.79 Å². The normalized spacial score (nSPS) is 19.1. The van der Waals surface area contributed by atoms with E-state index in [0.29, 0.717) is 13.0 Å². The van der Waals surface area contributed by atoms with Crippen molar-refractivity contribution in [1.29, 1.82) is 0 Å². The minimum absolute atomic E-state index is 0.0230. The molecule has 5 nitrogen and oxygen atoms in total. The van der Waals surface area contributed by atoms with Crippen LogP contribution < -0.4 is 10.1 Å². The number of carbonyl (C=O) groups excluding carboxylic acids is 1. The molecular weight excluding hydrogens is 322 g/mol. The molecule has 0 spiro atoms. The Bertz CT molecular complexity index is 1010. The van der Waals surface area contributed by atoms with Crippen molar-refractivity contribution < 1.29 is 9.53 Å². The van der Waals surface area contributed by atoms with Gasteiger partial charge in [-0.15, -0.1) is 0 Å². The first-order valence-electron chi connectivity index (χ1n) is 7.77. The minimum Gasteiger partial charge on any atom is -0.489 e. The Morgan fingerprint density at radius 1 is 1.17 bits per heavy atom. The number of aromatic nitrogens is 2. The van der Waals surface area contributed by atoms with Crippen molar-refractivity contribution in [2.75, 3.05) is 11.9 Å². The topological polar surface area (TPSA) is 64.1 Å². The Morgan fingerprint density at radius 2 is 2.08 bits per heavy atom. The smallest absolute Gasteiger partial charge is 0.225 e. The lowest BCUT2D eigenvalue weighted by molar-refractivity contribution is -0.116. The number of benzene rings is 2. The summed E-state index contributed by atoms with van der Waals surface area (Å²) in [5.74, 6) is 0.875. The van der Waals surface area contributed by atoms with Crippen LogP contribution in [0.1, 0.15) is 23.5 Å². The number of fused-ring (bicyclic) bond motifs is 4. The molecule has 1 aromatic heterocycles. The van der Waals surface area contributed by atoms with Crippen molar-refractivity contribution >= 4 is 40.4 Å². The number of anilines is 1. The van der Waals surface area contributed by atoms with E-state index in [1.165, 1.54) is 11.7 Å². The third kappa shape index (κ3) is 2.03. The minimum atomic E-state index is -0.0327. The molecule has 1 N–H and O–H groups in total. The molecule has 2 aliphatic rings. The maximum absolute atomic E-state index is 12.2. The average Bonchev–Trinajstić information content (AvgIpc) is 3.09. The largest absolute Gasteiger partial charge is 0.489 e. The molecule has 0 aliphatic carbocycles. The van der Waals surface area contributed by atoms with E-state index in [2.05, 4.69) is 20.1 Å². The van der Waals surface area contributed by atoms with Crippen LogP contribution in [-0.2, 0) is 4.79 Å². The molecule has 2 aliphatic heterocycles. The Labute approximate surface area is 142 Å². The van der Waals surface area contributed by atoms with Crippen LogP contribution >= 0.6 is 11.7 Å². The quantitative estimate of drug-likeness (QED) is 0.738. The molecule has 118 valence electrons. The highest BCUT2D eigenvalue weighted by Gasteiger charge is 2.32. The molecule has 0 unspecified atom stereocenters. The lowest BCUT2D eigenvalue weighted by Crippen LogP contribution is -2.26. The first kappa shape index (κ1) is 13.7. The van der Waals surface area contributed by atoms with E-state index in [1.54, 1.807) is 0 Å². The zero-order valence-electron chi connectivity index (χ0n) is 12.7. The number of amides is 1. The number of ether oxygens (including phenoxy) is 1. The zero-order chi connectivity index (χ0) is 16.1. The lowest BCUT2D eigenvalue weighted by atomic mass is 9.82. The van der Waals surface area contributed by atoms with Gasteiger partial charge in [-0.3, -0.25) is 4.79 Å². The average molecular weight is 335 g/mol. The van der Waals surface area contributed by atoms with Crippen LogP contribution in [0.3, 0.4) is 0 Å². The second-order valence-corrected chi connectivity index (χ2v) is 6.54. The fraction of sp³-hybridized carbons (Fsp3) is 0.167. The number of nitrogens with zero attached hydrogens (tertiary/aromatic N) is 2. The van der Waals surface area contributed by atoms with Gasteiger partial charge in [0, 0.05) is 29.2 Å². The van der Waals surface area contributed by atoms with Crippen LogP contribution in [0, 0.1) is 0 Å². The van der Waals surface area contributed by atoms with Crippen molar-refractivity contribution in [3.05, 3.63) is 53.1 Å². The number of para-hydroxylation sites is 1. The maximum Gasteiger partial charge on any atom is 0.225 e. The summed E-state index contributed by atoms with van der Waals surface area (Å²) in [6.07, 6.45) is 2.55. The van der Waals surface area contributed by atoms with Crippen LogP contribution in [-0.4, -0.2) is 21.3 Å². The van der Waals surface area contributed by atoms with Gasteiger partial charge in [-0.05, 0) is 29.8 Å². The fourth-order valence-electron chi connectivity index (χ4n) is 3.47. The zero-order valence-corrected chi connectivity index (χ0v) is 13.5. The highest BCUT2D eigenvalue weighted by atomic mass is 32.1. The highest BCUT2D eigenvalue weighted by molar-refractivity contribution is 7.00. The Kier molecular flexibility index (Phi) is 2.93. The van der Waals surface area contributed by atoms with Crippen molar-refractivity contribution in [2.24, 2.45) is 0 Å². The molecule has 3 aromatic rings. The van der Waals surface area contributed by atoms with Crippen molar-refractivity contribution in [1.82, 2.24) is 8.75 Å². The van der Waals surface area contributed by atoms with Gasteiger partial charge in [0.25, 0.3) is 0 Å². The Balaban J connectivity index is 1.69. The predicted molar refractivity (Wildman–Crippen MR) is 93.3 cm³/mol. The highest BCUT2D eigenvalue weighted by Crippen LogP contribution is 2.43. The van der Waals surface area contributed by atoms with Gasteiger partial charge in [0.15, 0.2) is 0 Å². The molecule has 1 amide bonds. The van der Waals surface area contributed by atoms with Gasteiger partial charge < -0.3 is 10.1 Å². The number of carbonyl (C=O) groups is 1. The van der Waals surface area contributed by atoms with Gasteiger partial charge in [0.1, 0.15) is 23.4 Å². The molecule has 0 saturated carbocycles. The summed E-state index contributed by atoms with van der Waals surface area (Å²) in [4.78, 5) is 12.2. The monoisotopic (exact) mass is 335 g/mol. The third-order valence-electron chi connectivity index (χ3n) is 4.58. The van der Waals surface area contributed by atoms with Crippen LogP contribution in [0.15, 0.2) is 42.0 Å². The van der Waals surface area contributed by atoms with E-state index in [1.807, 2.05) is 36.4 Å². The summed E-state index contributed by atoms with van der Waals surface area (Å²) >= 11 is 1.20. The molecule has 0 saturated heterocycles. The van der Waals surface area contributed by atoms with E-state index < -0.39 is 0 Å². The van der Waals surface area contributed by atoms with Gasteiger partial charge in [0.05, 0.1) is 11.7 Å². The van der Waals surface area contributed by atoms with Gasteiger partial charge in [-0.1, -0.05) is 18.2 Å². The molecule has 3 heterocycles. The molecule has 1 atom stereocenters. The second-order valence-electron chi connectivity index (χ2n) is 6.01. The van der Waals surface area contributed by atoms with Crippen molar-refractivity contribution in [2.45, 2.75) is 12.3 Å². The van der Waals surface area contributed by atoms with Crippen LogP contribution in [0.5, 0.6) is 5.75 Å². The number of nitrogens with one attached hydrogen (secondary N) is 1. The van der Waals surface area contributed by atoms with Crippen LogP contribution in [0.2, 0.25) is 0 Å². The van der Waals surface area contributed by atoms with Crippen molar-refractivity contribution in [3.63, 3.8) is 0 Å². The Morgan fingerprint density at radius 3 is 3.04 bits per heavy atom. The summed E-state index contributed by atoms with van der Waals surface area (Å²) in [6, 6.07) is 11.8. The van der Waals surface area contributed by atoms with E-state index >= 15 is 0 Å². The predicted octanol–water partition coefficient (Wildman–Crippen LogP) is 3.59. The SMILES string of the molecule is O=C1C[C@H](C2=Cc3ccccc3OC2)c2c(ccc3nsnc23)N1. The molecule has 6 heteroatoms. The molecule has 2 aromatic carbocycles. The molecule has 0 fully saturated rings. The van der Waals surface area contributed by atoms with Crippen molar-refractivity contribution in [3.8, 4) is 5.75 Å². The fourth-order valence-corrected chi connectivity index (χ4v) is 4.02. The summed E-state index contributed by atoms with van der Waals surface area (Å²) in [7, 11) is 0. The summed E-state index contributed by atoms with van der Waals surface area (Å²) in [6.45, 7) is 0.488. The lowest BCUT2D eigenvalue weighted by Gasteiger charge is -2.29.